The van der Waals surface area contributed by atoms with Gasteiger partial charge in [0.05, 0.1) is 6.04 Å². The van der Waals surface area contributed by atoms with Crippen LogP contribution in [0.1, 0.15) is 29.1 Å². The lowest BCUT2D eigenvalue weighted by Gasteiger charge is -2.11. The van der Waals surface area contributed by atoms with E-state index in [2.05, 4.69) is 15.3 Å². The number of carbonyl (C=O) groups excluding carboxylic acids is 1. The van der Waals surface area contributed by atoms with Gasteiger partial charge in [-0.15, -0.1) is 0 Å². The quantitative estimate of drug-likeness (QED) is 0.878. The molecule has 0 spiro atoms. The zero-order valence-corrected chi connectivity index (χ0v) is 9.58. The molecule has 0 aliphatic rings. The third-order valence-electron chi connectivity index (χ3n) is 2.40. The number of aromatic nitrogens is 2. The van der Waals surface area contributed by atoms with E-state index >= 15 is 0 Å². The standard InChI is InChI=1S/C12H11F2N3O/c1-7(11-15-2-3-16-11)17-12(18)8-4-9(13)6-10(14)5-8/h2-7H,1H3,(H,15,16)(H,17,18). The van der Waals surface area contributed by atoms with E-state index in [1.807, 2.05) is 0 Å². The van der Waals surface area contributed by atoms with Gasteiger partial charge in [-0.2, -0.15) is 0 Å². The summed E-state index contributed by atoms with van der Waals surface area (Å²) >= 11 is 0. The molecule has 2 N–H and O–H groups in total. The van der Waals surface area contributed by atoms with Crippen molar-refractivity contribution in [2.75, 3.05) is 0 Å². The summed E-state index contributed by atoms with van der Waals surface area (Å²) in [7, 11) is 0. The Morgan fingerprint density at radius 1 is 1.33 bits per heavy atom. The van der Waals surface area contributed by atoms with Gasteiger partial charge in [0.25, 0.3) is 5.91 Å². The summed E-state index contributed by atoms with van der Waals surface area (Å²) in [6, 6.07) is 2.30. The van der Waals surface area contributed by atoms with Crippen LogP contribution in [0.15, 0.2) is 30.6 Å². The van der Waals surface area contributed by atoms with Gasteiger partial charge in [-0.05, 0) is 19.1 Å². The Labute approximate surface area is 102 Å². The van der Waals surface area contributed by atoms with Crippen molar-refractivity contribution < 1.29 is 13.6 Å². The summed E-state index contributed by atoms with van der Waals surface area (Å²) in [6.45, 7) is 1.71. The molecule has 0 saturated heterocycles. The lowest BCUT2D eigenvalue weighted by atomic mass is 10.2. The number of aromatic amines is 1. The van der Waals surface area contributed by atoms with Crippen LogP contribution in [0.2, 0.25) is 0 Å². The van der Waals surface area contributed by atoms with Gasteiger partial charge < -0.3 is 10.3 Å². The van der Waals surface area contributed by atoms with Crippen molar-refractivity contribution in [3.8, 4) is 0 Å². The lowest BCUT2D eigenvalue weighted by molar-refractivity contribution is 0.0937. The molecule has 0 aliphatic heterocycles. The number of benzene rings is 1. The van der Waals surface area contributed by atoms with Gasteiger partial charge in [-0.1, -0.05) is 0 Å². The molecule has 1 unspecified atom stereocenters. The van der Waals surface area contributed by atoms with E-state index in [1.165, 1.54) is 0 Å². The molecular formula is C12H11F2N3O. The van der Waals surface area contributed by atoms with E-state index in [9.17, 15) is 13.6 Å². The third-order valence-corrected chi connectivity index (χ3v) is 2.40. The van der Waals surface area contributed by atoms with Crippen molar-refractivity contribution in [1.29, 1.82) is 0 Å². The van der Waals surface area contributed by atoms with Gasteiger partial charge >= 0.3 is 0 Å². The van der Waals surface area contributed by atoms with Gasteiger partial charge in [-0.25, -0.2) is 13.8 Å². The molecule has 0 fully saturated rings. The SMILES string of the molecule is CC(NC(=O)c1cc(F)cc(F)c1)c1ncc[nH]1. The maximum absolute atomic E-state index is 13.0. The molecule has 1 aromatic carbocycles. The van der Waals surface area contributed by atoms with Gasteiger partial charge in [0.2, 0.25) is 0 Å². The lowest BCUT2D eigenvalue weighted by Crippen LogP contribution is -2.27. The molecule has 2 aromatic rings. The molecule has 1 aromatic heterocycles. The molecule has 94 valence electrons. The molecular weight excluding hydrogens is 240 g/mol. The van der Waals surface area contributed by atoms with E-state index in [4.69, 9.17) is 0 Å². The summed E-state index contributed by atoms with van der Waals surface area (Å²) in [5, 5.41) is 2.59. The zero-order chi connectivity index (χ0) is 13.1. The molecule has 0 bridgehead atoms. The van der Waals surface area contributed by atoms with E-state index in [0.29, 0.717) is 11.9 Å². The first-order valence-electron chi connectivity index (χ1n) is 5.32. The highest BCUT2D eigenvalue weighted by Gasteiger charge is 2.14. The highest BCUT2D eigenvalue weighted by atomic mass is 19.1. The molecule has 0 aliphatic carbocycles. The highest BCUT2D eigenvalue weighted by molar-refractivity contribution is 5.94. The maximum Gasteiger partial charge on any atom is 0.252 e. The topological polar surface area (TPSA) is 57.8 Å². The number of halogens is 2. The van der Waals surface area contributed by atoms with E-state index in [0.717, 1.165) is 12.1 Å². The third kappa shape index (κ3) is 2.71. The normalized spacial score (nSPS) is 12.2. The van der Waals surface area contributed by atoms with Crippen molar-refractivity contribution in [1.82, 2.24) is 15.3 Å². The minimum absolute atomic E-state index is 0.0640. The Hall–Kier alpha value is -2.24. The Morgan fingerprint density at radius 3 is 2.56 bits per heavy atom. The zero-order valence-electron chi connectivity index (χ0n) is 9.58. The summed E-state index contributed by atoms with van der Waals surface area (Å²) in [5.41, 5.74) is -0.0640. The van der Waals surface area contributed by atoms with Crippen molar-refractivity contribution in [3.63, 3.8) is 0 Å². The Morgan fingerprint density at radius 2 is 2.00 bits per heavy atom. The second kappa shape index (κ2) is 4.95. The molecule has 18 heavy (non-hydrogen) atoms. The average Bonchev–Trinajstić information content (AvgIpc) is 2.80. The van der Waals surface area contributed by atoms with Gasteiger partial charge in [0, 0.05) is 24.0 Å². The second-order valence-corrected chi connectivity index (χ2v) is 3.83. The van der Waals surface area contributed by atoms with Crippen LogP contribution in [0.25, 0.3) is 0 Å². The molecule has 1 heterocycles. The number of nitrogens with one attached hydrogen (secondary N) is 2. The number of hydrogen-bond acceptors (Lipinski definition) is 2. The predicted octanol–water partition coefficient (Wildman–Crippen LogP) is 2.18. The summed E-state index contributed by atoms with van der Waals surface area (Å²) in [4.78, 5) is 18.6. The second-order valence-electron chi connectivity index (χ2n) is 3.83. The fourth-order valence-electron chi connectivity index (χ4n) is 1.55. The van der Waals surface area contributed by atoms with Crippen molar-refractivity contribution in [3.05, 3.63) is 53.6 Å². The number of carbonyl (C=O) groups is 1. The number of hydrogen-bond donors (Lipinski definition) is 2. The van der Waals surface area contributed by atoms with Crippen molar-refractivity contribution in [2.24, 2.45) is 0 Å². The molecule has 2 rings (SSSR count). The van der Waals surface area contributed by atoms with E-state index in [-0.39, 0.29) is 11.6 Å². The van der Waals surface area contributed by atoms with E-state index < -0.39 is 17.5 Å². The van der Waals surface area contributed by atoms with Crippen molar-refractivity contribution >= 4 is 5.91 Å². The van der Waals surface area contributed by atoms with Crippen LogP contribution in [-0.2, 0) is 0 Å². The van der Waals surface area contributed by atoms with Gasteiger partial charge in [0.15, 0.2) is 0 Å². The summed E-state index contributed by atoms with van der Waals surface area (Å²) in [6.07, 6.45) is 3.18. The van der Waals surface area contributed by atoms with Crippen LogP contribution >= 0.6 is 0 Å². The fourth-order valence-corrected chi connectivity index (χ4v) is 1.55. The molecule has 4 nitrogen and oxygen atoms in total. The molecule has 1 amide bonds. The first kappa shape index (κ1) is 12.2. The summed E-state index contributed by atoms with van der Waals surface area (Å²) < 4.78 is 25.9. The Kier molecular flexibility index (Phi) is 3.36. The van der Waals surface area contributed by atoms with Crippen LogP contribution in [0, 0.1) is 11.6 Å². The number of imidazole rings is 1. The first-order chi connectivity index (χ1) is 8.56. The van der Waals surface area contributed by atoms with Gasteiger partial charge in [-0.3, -0.25) is 4.79 Å². The number of rotatable bonds is 3. The van der Waals surface area contributed by atoms with Crippen LogP contribution in [0.5, 0.6) is 0 Å². The minimum atomic E-state index is -0.786. The number of H-pyrrole nitrogens is 1. The van der Waals surface area contributed by atoms with Crippen LogP contribution < -0.4 is 5.32 Å². The van der Waals surface area contributed by atoms with Crippen LogP contribution in [0.3, 0.4) is 0 Å². The van der Waals surface area contributed by atoms with E-state index in [1.54, 1.807) is 19.3 Å². The molecule has 0 radical (unpaired) electrons. The maximum atomic E-state index is 13.0. The molecule has 0 saturated carbocycles. The highest BCUT2D eigenvalue weighted by Crippen LogP contribution is 2.11. The smallest absolute Gasteiger partial charge is 0.252 e. The van der Waals surface area contributed by atoms with Crippen LogP contribution in [-0.4, -0.2) is 15.9 Å². The van der Waals surface area contributed by atoms with Crippen LogP contribution in [0.4, 0.5) is 8.78 Å². The minimum Gasteiger partial charge on any atom is -0.347 e. The first-order valence-corrected chi connectivity index (χ1v) is 5.32. The van der Waals surface area contributed by atoms with Crippen molar-refractivity contribution in [2.45, 2.75) is 13.0 Å². The monoisotopic (exact) mass is 251 g/mol. The number of amides is 1. The molecule has 1 atom stereocenters. The summed E-state index contributed by atoms with van der Waals surface area (Å²) in [5.74, 6) is -1.56. The Balaban J connectivity index is 2.12. The average molecular weight is 251 g/mol. The largest absolute Gasteiger partial charge is 0.347 e. The molecule has 6 heteroatoms. The Bertz CT molecular complexity index is 534. The van der Waals surface area contributed by atoms with Gasteiger partial charge in [0.1, 0.15) is 17.5 Å². The fraction of sp³-hybridized carbons (Fsp3) is 0.167. The predicted molar refractivity (Wildman–Crippen MR) is 60.8 cm³/mol. The number of nitrogens with zero attached hydrogens (tertiary/aromatic N) is 1.